The van der Waals surface area contributed by atoms with Gasteiger partial charge in [-0.15, -0.1) is 0 Å². The minimum absolute atomic E-state index is 0.146. The summed E-state index contributed by atoms with van der Waals surface area (Å²) in [5.41, 5.74) is 0. The molecule has 2 aromatic rings. The molecule has 1 aromatic carbocycles. The maximum absolute atomic E-state index is 12.4. The van der Waals surface area contributed by atoms with E-state index in [-0.39, 0.29) is 17.9 Å². The molecule has 5 heteroatoms. The Morgan fingerprint density at radius 1 is 1.08 bits per heavy atom. The Labute approximate surface area is 148 Å². The average Bonchev–Trinajstić information content (AvgIpc) is 3.10. The molecule has 0 radical (unpaired) electrons. The minimum atomic E-state index is 0.146. The molecule has 0 unspecified atom stereocenters. The number of aromatic nitrogens is 2. The molecule has 5 nitrogen and oxygen atoms in total. The van der Waals surface area contributed by atoms with Crippen LogP contribution in [0.5, 0.6) is 5.75 Å². The van der Waals surface area contributed by atoms with Crippen molar-refractivity contribution in [1.29, 1.82) is 0 Å². The molecule has 1 N–H and O–H groups in total. The predicted molar refractivity (Wildman–Crippen MR) is 95.2 cm³/mol. The summed E-state index contributed by atoms with van der Waals surface area (Å²) in [6.07, 6.45) is 9.84. The van der Waals surface area contributed by atoms with Crippen molar-refractivity contribution < 1.29 is 9.53 Å². The third-order valence-electron chi connectivity index (χ3n) is 5.45. The highest BCUT2D eigenvalue weighted by Crippen LogP contribution is 2.37. The van der Waals surface area contributed by atoms with Crippen LogP contribution >= 0.6 is 0 Å². The molecule has 2 aliphatic rings. The predicted octanol–water partition coefficient (Wildman–Crippen LogP) is 3.34. The summed E-state index contributed by atoms with van der Waals surface area (Å²) >= 11 is 0. The molecular weight excluding hydrogens is 314 g/mol. The Morgan fingerprint density at radius 3 is 2.52 bits per heavy atom. The number of nitrogens with one attached hydrogen (secondary N) is 1. The van der Waals surface area contributed by atoms with Gasteiger partial charge in [0.05, 0.1) is 12.1 Å². The lowest BCUT2D eigenvalue weighted by Gasteiger charge is -2.36. The number of carbonyl (C=O) groups excluding carboxylic acids is 1. The maximum Gasteiger partial charge on any atom is 0.223 e. The summed E-state index contributed by atoms with van der Waals surface area (Å²) in [7, 11) is 0. The summed E-state index contributed by atoms with van der Waals surface area (Å²) in [5.74, 6) is 1.30. The van der Waals surface area contributed by atoms with Crippen LogP contribution in [0.3, 0.4) is 0 Å². The number of benzene rings is 1. The highest BCUT2D eigenvalue weighted by molar-refractivity contribution is 5.79. The van der Waals surface area contributed by atoms with Gasteiger partial charge in [0.1, 0.15) is 5.75 Å². The zero-order valence-corrected chi connectivity index (χ0v) is 14.4. The number of para-hydroxylation sites is 1. The first-order valence-electron chi connectivity index (χ1n) is 9.29. The largest absolute Gasteiger partial charge is 0.490 e. The number of rotatable bonds is 5. The monoisotopic (exact) mass is 339 g/mol. The first kappa shape index (κ1) is 16.2. The lowest BCUT2D eigenvalue weighted by Crippen LogP contribution is -2.46. The number of nitrogens with zero attached hydrogens (tertiary/aromatic N) is 2. The van der Waals surface area contributed by atoms with E-state index in [0.29, 0.717) is 12.1 Å². The number of carbonyl (C=O) groups is 1. The summed E-state index contributed by atoms with van der Waals surface area (Å²) in [5, 5.41) is 7.51. The van der Waals surface area contributed by atoms with Gasteiger partial charge in [-0.25, -0.2) is 0 Å². The van der Waals surface area contributed by atoms with Gasteiger partial charge in [-0.3, -0.25) is 9.48 Å². The van der Waals surface area contributed by atoms with E-state index < -0.39 is 0 Å². The van der Waals surface area contributed by atoms with Crippen molar-refractivity contribution in [2.75, 3.05) is 0 Å². The number of amides is 1. The van der Waals surface area contributed by atoms with E-state index in [9.17, 15) is 4.79 Å². The van der Waals surface area contributed by atoms with Crippen molar-refractivity contribution in [1.82, 2.24) is 15.1 Å². The van der Waals surface area contributed by atoms with Crippen molar-refractivity contribution in [3.63, 3.8) is 0 Å². The topological polar surface area (TPSA) is 56.1 Å². The van der Waals surface area contributed by atoms with Crippen molar-refractivity contribution in [3.05, 3.63) is 48.8 Å². The van der Waals surface area contributed by atoms with Gasteiger partial charge in [-0.1, -0.05) is 18.2 Å². The molecule has 2 aliphatic carbocycles. The van der Waals surface area contributed by atoms with Crippen LogP contribution in [0.2, 0.25) is 0 Å². The highest BCUT2D eigenvalue weighted by atomic mass is 16.5. The first-order valence-corrected chi connectivity index (χ1v) is 9.29. The van der Waals surface area contributed by atoms with E-state index in [1.165, 1.54) is 0 Å². The van der Waals surface area contributed by atoms with Crippen molar-refractivity contribution >= 4 is 5.91 Å². The van der Waals surface area contributed by atoms with Crippen LogP contribution in [0.1, 0.15) is 44.6 Å². The molecule has 0 bridgehead atoms. The van der Waals surface area contributed by atoms with Crippen LogP contribution < -0.4 is 10.1 Å². The van der Waals surface area contributed by atoms with Crippen molar-refractivity contribution in [3.8, 4) is 5.75 Å². The summed E-state index contributed by atoms with van der Waals surface area (Å²) in [4.78, 5) is 12.4. The van der Waals surface area contributed by atoms with Gasteiger partial charge >= 0.3 is 0 Å². The second-order valence-corrected chi connectivity index (χ2v) is 7.22. The van der Waals surface area contributed by atoms with Crippen molar-refractivity contribution in [2.24, 2.45) is 5.92 Å². The molecule has 2 fully saturated rings. The highest BCUT2D eigenvalue weighted by Gasteiger charge is 2.37. The van der Waals surface area contributed by atoms with Gasteiger partial charge in [0, 0.05) is 24.4 Å². The third kappa shape index (κ3) is 3.86. The molecule has 2 saturated carbocycles. The van der Waals surface area contributed by atoms with E-state index in [4.69, 9.17) is 4.74 Å². The van der Waals surface area contributed by atoms with Crippen LogP contribution in [0, 0.1) is 5.92 Å². The Morgan fingerprint density at radius 2 is 1.84 bits per heavy atom. The van der Waals surface area contributed by atoms with Gasteiger partial charge in [0.25, 0.3) is 0 Å². The van der Waals surface area contributed by atoms with Gasteiger partial charge in [0.2, 0.25) is 5.91 Å². The first-order chi connectivity index (χ1) is 12.3. The van der Waals surface area contributed by atoms with E-state index in [2.05, 4.69) is 10.4 Å². The molecule has 1 aromatic heterocycles. The number of hydrogen-bond acceptors (Lipinski definition) is 3. The minimum Gasteiger partial charge on any atom is -0.490 e. The quantitative estimate of drug-likeness (QED) is 0.909. The number of hydrogen-bond donors (Lipinski definition) is 1. The molecule has 0 atom stereocenters. The Kier molecular flexibility index (Phi) is 4.72. The van der Waals surface area contributed by atoms with E-state index in [1.54, 1.807) is 6.20 Å². The Balaban J connectivity index is 1.18. The van der Waals surface area contributed by atoms with Gasteiger partial charge < -0.3 is 10.1 Å². The fourth-order valence-electron chi connectivity index (χ4n) is 3.85. The zero-order valence-electron chi connectivity index (χ0n) is 14.4. The standard InChI is InChI=1S/C20H25N3O2/c24-20(15-13-17(14-15)23-12-4-11-21-23)22-16-7-9-19(10-8-16)25-18-5-2-1-3-6-18/h1-6,11-12,15-17,19H,7-10,13-14H2,(H,22,24). The van der Waals surface area contributed by atoms with Gasteiger partial charge in [0.15, 0.2) is 0 Å². The molecular formula is C20H25N3O2. The SMILES string of the molecule is O=C(NC1CCC(Oc2ccccc2)CC1)C1CC(n2cccn2)C1. The van der Waals surface area contributed by atoms with E-state index in [0.717, 1.165) is 44.3 Å². The van der Waals surface area contributed by atoms with Crippen molar-refractivity contribution in [2.45, 2.75) is 56.7 Å². The smallest absolute Gasteiger partial charge is 0.223 e. The van der Waals surface area contributed by atoms with Crippen LogP contribution in [-0.4, -0.2) is 27.8 Å². The zero-order chi connectivity index (χ0) is 17.1. The summed E-state index contributed by atoms with van der Waals surface area (Å²) in [6, 6.07) is 12.6. The van der Waals surface area contributed by atoms with Crippen LogP contribution in [0.15, 0.2) is 48.8 Å². The average molecular weight is 339 g/mol. The van der Waals surface area contributed by atoms with Crippen LogP contribution in [0.4, 0.5) is 0 Å². The summed E-state index contributed by atoms with van der Waals surface area (Å²) in [6.45, 7) is 0. The van der Waals surface area contributed by atoms with E-state index in [1.807, 2.05) is 47.3 Å². The molecule has 0 spiro atoms. The van der Waals surface area contributed by atoms with Gasteiger partial charge in [-0.05, 0) is 56.7 Å². The molecule has 0 aliphatic heterocycles. The normalized spacial score (nSPS) is 28.8. The second kappa shape index (κ2) is 7.30. The molecule has 1 amide bonds. The second-order valence-electron chi connectivity index (χ2n) is 7.22. The summed E-state index contributed by atoms with van der Waals surface area (Å²) < 4.78 is 7.99. The Hall–Kier alpha value is -2.30. The fourth-order valence-corrected chi connectivity index (χ4v) is 3.85. The molecule has 25 heavy (non-hydrogen) atoms. The molecule has 132 valence electrons. The van der Waals surface area contributed by atoms with Crippen LogP contribution in [0.25, 0.3) is 0 Å². The maximum atomic E-state index is 12.4. The molecule has 4 rings (SSSR count). The number of ether oxygens (including phenoxy) is 1. The third-order valence-corrected chi connectivity index (χ3v) is 5.45. The molecule has 1 heterocycles. The molecule has 0 saturated heterocycles. The lowest BCUT2D eigenvalue weighted by atomic mass is 9.79. The van der Waals surface area contributed by atoms with E-state index >= 15 is 0 Å². The Bertz CT molecular complexity index is 672. The lowest BCUT2D eigenvalue weighted by molar-refractivity contribution is -0.130. The van der Waals surface area contributed by atoms with Crippen LogP contribution in [-0.2, 0) is 4.79 Å². The van der Waals surface area contributed by atoms with Gasteiger partial charge in [-0.2, -0.15) is 5.10 Å². The fraction of sp³-hybridized carbons (Fsp3) is 0.500.